The zero-order chi connectivity index (χ0) is 20.0. The van der Waals surface area contributed by atoms with Crippen molar-refractivity contribution in [1.82, 2.24) is 0 Å². The topological polar surface area (TPSA) is 47.6 Å². The van der Waals surface area contributed by atoms with Crippen LogP contribution in [0.1, 0.15) is 54.4 Å². The highest BCUT2D eigenvalue weighted by molar-refractivity contribution is 6.06. The van der Waals surface area contributed by atoms with Crippen molar-refractivity contribution >= 4 is 22.4 Å². The van der Waals surface area contributed by atoms with E-state index in [0.29, 0.717) is 18.9 Å². The lowest BCUT2D eigenvalue weighted by Crippen LogP contribution is -2.44. The second-order valence-corrected chi connectivity index (χ2v) is 7.71. The van der Waals surface area contributed by atoms with E-state index in [2.05, 4.69) is 33.0 Å². The molecule has 0 saturated carbocycles. The van der Waals surface area contributed by atoms with E-state index >= 15 is 0 Å². The lowest BCUT2D eigenvalue weighted by Gasteiger charge is -2.30. The van der Waals surface area contributed by atoms with Gasteiger partial charge in [-0.25, -0.2) is 0 Å². The number of amides is 1. The summed E-state index contributed by atoms with van der Waals surface area (Å²) in [6.07, 6.45) is 1.75. The number of rotatable bonds is 9. The first-order valence-electron chi connectivity index (χ1n) is 9.94. The zero-order valence-corrected chi connectivity index (χ0v) is 17.5. The van der Waals surface area contributed by atoms with Crippen LogP contribution in [0.2, 0.25) is 0 Å². The maximum Gasteiger partial charge on any atom is 0.256 e. The van der Waals surface area contributed by atoms with Crippen molar-refractivity contribution in [1.29, 1.82) is 0 Å². The van der Waals surface area contributed by atoms with Crippen LogP contribution < -0.4 is 10.1 Å². The number of nitrogens with one attached hydrogen (secondary N) is 1. The number of ether oxygens (including phenoxy) is 2. The van der Waals surface area contributed by atoms with Crippen molar-refractivity contribution in [3.05, 3.63) is 36.4 Å². The van der Waals surface area contributed by atoms with Crippen LogP contribution in [0.4, 0.5) is 5.69 Å². The minimum absolute atomic E-state index is 0.112. The quantitative estimate of drug-likeness (QED) is 0.606. The Bertz CT molecular complexity index is 771. The molecule has 0 aliphatic carbocycles. The highest BCUT2D eigenvalue weighted by Gasteiger charge is 2.35. The van der Waals surface area contributed by atoms with Gasteiger partial charge in [-0.3, -0.25) is 4.79 Å². The first kappa shape index (κ1) is 21.2. The molecule has 0 aliphatic heterocycles. The Morgan fingerprint density at radius 2 is 1.74 bits per heavy atom. The number of carbonyl (C=O) groups is 1. The number of carbonyl (C=O) groups excluding carboxylic acids is 1. The summed E-state index contributed by atoms with van der Waals surface area (Å²) < 4.78 is 11.9. The standard InChI is InChI=1S/C23H33NO3/c1-7-17(5)27-21-14-13-20(18-11-9-10-12-19(18)21)24-22(25)23(6,26-8-2)15-16(3)4/h9-14,16-17H,7-8,15H2,1-6H3,(H,24,25)/t17-,23+/m1/s1. The molecule has 4 heteroatoms. The van der Waals surface area contributed by atoms with Gasteiger partial charge < -0.3 is 14.8 Å². The fourth-order valence-corrected chi connectivity index (χ4v) is 3.35. The van der Waals surface area contributed by atoms with E-state index in [0.717, 1.165) is 28.6 Å². The average Bonchev–Trinajstić information content (AvgIpc) is 2.63. The SMILES string of the molecule is CCO[C@@](C)(CC(C)C)C(=O)Nc1ccc(O[C@H](C)CC)c2ccccc12. The predicted molar refractivity (Wildman–Crippen MR) is 112 cm³/mol. The van der Waals surface area contributed by atoms with Gasteiger partial charge in [0, 0.05) is 23.1 Å². The summed E-state index contributed by atoms with van der Waals surface area (Å²) in [4.78, 5) is 13.0. The highest BCUT2D eigenvalue weighted by Crippen LogP contribution is 2.33. The molecule has 2 aromatic rings. The van der Waals surface area contributed by atoms with Crippen LogP contribution in [0, 0.1) is 5.92 Å². The third-order valence-corrected chi connectivity index (χ3v) is 4.78. The molecule has 0 radical (unpaired) electrons. The number of anilines is 1. The third-order valence-electron chi connectivity index (χ3n) is 4.78. The van der Waals surface area contributed by atoms with E-state index in [4.69, 9.17) is 9.47 Å². The van der Waals surface area contributed by atoms with E-state index in [9.17, 15) is 4.79 Å². The van der Waals surface area contributed by atoms with E-state index in [1.807, 2.05) is 50.2 Å². The maximum absolute atomic E-state index is 13.0. The molecule has 2 aromatic carbocycles. The van der Waals surface area contributed by atoms with Gasteiger partial charge in [0.15, 0.2) is 0 Å². The number of benzene rings is 2. The summed E-state index contributed by atoms with van der Waals surface area (Å²) in [6.45, 7) is 12.6. The zero-order valence-electron chi connectivity index (χ0n) is 17.5. The second-order valence-electron chi connectivity index (χ2n) is 7.71. The van der Waals surface area contributed by atoms with Gasteiger partial charge in [0.2, 0.25) is 0 Å². The van der Waals surface area contributed by atoms with Crippen molar-refractivity contribution in [3.8, 4) is 5.75 Å². The van der Waals surface area contributed by atoms with Gasteiger partial charge in [-0.2, -0.15) is 0 Å². The number of hydrogen-bond donors (Lipinski definition) is 1. The Labute approximate surface area is 163 Å². The molecule has 4 nitrogen and oxygen atoms in total. The number of hydrogen-bond acceptors (Lipinski definition) is 3. The lowest BCUT2D eigenvalue weighted by molar-refractivity contribution is -0.140. The Hall–Kier alpha value is -2.07. The maximum atomic E-state index is 13.0. The first-order valence-corrected chi connectivity index (χ1v) is 9.94. The van der Waals surface area contributed by atoms with Crippen molar-refractivity contribution < 1.29 is 14.3 Å². The first-order chi connectivity index (χ1) is 12.8. The van der Waals surface area contributed by atoms with Crippen molar-refractivity contribution in [3.63, 3.8) is 0 Å². The van der Waals surface area contributed by atoms with E-state index < -0.39 is 5.60 Å². The molecule has 0 saturated heterocycles. The van der Waals surface area contributed by atoms with Gasteiger partial charge in [0.25, 0.3) is 5.91 Å². The molecular formula is C23H33NO3. The van der Waals surface area contributed by atoms with E-state index in [-0.39, 0.29) is 12.0 Å². The monoisotopic (exact) mass is 371 g/mol. The van der Waals surface area contributed by atoms with Crippen LogP contribution in [0.25, 0.3) is 10.8 Å². The molecule has 1 N–H and O–H groups in total. The van der Waals surface area contributed by atoms with Gasteiger partial charge in [0.05, 0.1) is 6.10 Å². The van der Waals surface area contributed by atoms with Crippen LogP contribution in [0.3, 0.4) is 0 Å². The Kier molecular flexibility index (Phi) is 7.25. The molecule has 1 amide bonds. The minimum Gasteiger partial charge on any atom is -0.490 e. The molecule has 0 unspecified atom stereocenters. The van der Waals surface area contributed by atoms with Gasteiger partial charge in [-0.1, -0.05) is 45.0 Å². The fourth-order valence-electron chi connectivity index (χ4n) is 3.35. The molecule has 0 spiro atoms. The molecule has 2 rings (SSSR count). The molecule has 2 atom stereocenters. The summed E-state index contributed by atoms with van der Waals surface area (Å²) in [5.74, 6) is 1.09. The van der Waals surface area contributed by atoms with Crippen molar-refractivity contribution in [2.75, 3.05) is 11.9 Å². The van der Waals surface area contributed by atoms with Crippen molar-refractivity contribution in [2.24, 2.45) is 5.92 Å². The Morgan fingerprint density at radius 3 is 2.33 bits per heavy atom. The van der Waals surface area contributed by atoms with Gasteiger partial charge >= 0.3 is 0 Å². The molecule has 0 aliphatic rings. The largest absolute Gasteiger partial charge is 0.490 e. The van der Waals surface area contributed by atoms with Gasteiger partial charge in [-0.15, -0.1) is 0 Å². The lowest BCUT2D eigenvalue weighted by atomic mass is 9.92. The average molecular weight is 372 g/mol. The Balaban J connectivity index is 2.36. The van der Waals surface area contributed by atoms with Gasteiger partial charge in [-0.05, 0) is 51.7 Å². The third kappa shape index (κ3) is 5.23. The summed E-state index contributed by atoms with van der Waals surface area (Å²) in [5.41, 5.74) is -0.0718. The normalized spacial score (nSPS) is 14.8. The molecule has 148 valence electrons. The summed E-state index contributed by atoms with van der Waals surface area (Å²) >= 11 is 0. The van der Waals surface area contributed by atoms with Crippen LogP contribution >= 0.6 is 0 Å². The smallest absolute Gasteiger partial charge is 0.256 e. The molecule has 0 aromatic heterocycles. The van der Waals surface area contributed by atoms with Crippen LogP contribution in [0.15, 0.2) is 36.4 Å². The minimum atomic E-state index is -0.851. The molecule has 0 heterocycles. The van der Waals surface area contributed by atoms with Crippen LogP contribution in [-0.2, 0) is 9.53 Å². The van der Waals surface area contributed by atoms with Crippen LogP contribution in [-0.4, -0.2) is 24.2 Å². The molecular weight excluding hydrogens is 338 g/mol. The van der Waals surface area contributed by atoms with E-state index in [1.54, 1.807) is 0 Å². The number of fused-ring (bicyclic) bond motifs is 1. The molecule has 0 bridgehead atoms. The Morgan fingerprint density at radius 1 is 1.07 bits per heavy atom. The molecule has 0 fully saturated rings. The van der Waals surface area contributed by atoms with Gasteiger partial charge in [0.1, 0.15) is 11.4 Å². The summed E-state index contributed by atoms with van der Waals surface area (Å²) in [5, 5.41) is 5.06. The second kappa shape index (κ2) is 9.23. The molecule has 27 heavy (non-hydrogen) atoms. The summed E-state index contributed by atoms with van der Waals surface area (Å²) in [6, 6.07) is 11.8. The predicted octanol–water partition coefficient (Wildman–Crippen LogP) is 5.80. The highest BCUT2D eigenvalue weighted by atomic mass is 16.5. The van der Waals surface area contributed by atoms with Crippen molar-refractivity contribution in [2.45, 2.75) is 66.1 Å². The fraction of sp³-hybridized carbons (Fsp3) is 0.522. The summed E-state index contributed by atoms with van der Waals surface area (Å²) in [7, 11) is 0. The van der Waals surface area contributed by atoms with E-state index in [1.165, 1.54) is 0 Å². The van der Waals surface area contributed by atoms with Crippen LogP contribution in [0.5, 0.6) is 5.75 Å².